The molecule has 2 bridgehead atoms. The predicted molar refractivity (Wildman–Crippen MR) is 64.5 cm³/mol. The van der Waals surface area contributed by atoms with Crippen LogP contribution in [0.15, 0.2) is 37.5 Å². The lowest BCUT2D eigenvalue weighted by Crippen LogP contribution is -2.06. The van der Waals surface area contributed by atoms with Gasteiger partial charge in [0.15, 0.2) is 0 Å². The lowest BCUT2D eigenvalue weighted by Gasteiger charge is -2.17. The van der Waals surface area contributed by atoms with E-state index in [0.29, 0.717) is 6.29 Å². The van der Waals surface area contributed by atoms with Crippen LogP contribution in [0.3, 0.4) is 0 Å². The van der Waals surface area contributed by atoms with E-state index in [1.165, 1.54) is 31.8 Å². The van der Waals surface area contributed by atoms with Gasteiger partial charge in [0, 0.05) is 0 Å². The van der Waals surface area contributed by atoms with Gasteiger partial charge in [-0.2, -0.15) is 0 Å². The summed E-state index contributed by atoms with van der Waals surface area (Å²) in [7, 11) is 0. The van der Waals surface area contributed by atoms with E-state index in [2.05, 4.69) is 25.3 Å². The molecular weight excluding hydrogens is 184 g/mol. The highest BCUT2D eigenvalue weighted by atomic mass is 16.1. The molecule has 2 aliphatic rings. The summed E-state index contributed by atoms with van der Waals surface area (Å²) in [5.41, 5.74) is 0. The van der Waals surface area contributed by atoms with E-state index in [9.17, 15) is 0 Å². The molecular formula is C14H20O. The van der Waals surface area contributed by atoms with Crippen molar-refractivity contribution in [1.82, 2.24) is 0 Å². The van der Waals surface area contributed by atoms with Crippen LogP contribution in [-0.4, -0.2) is 6.29 Å². The fourth-order valence-electron chi connectivity index (χ4n) is 2.75. The Morgan fingerprint density at radius 1 is 1.07 bits per heavy atom. The molecule has 0 saturated heterocycles. The Morgan fingerprint density at radius 3 is 2.20 bits per heavy atom. The Kier molecular flexibility index (Phi) is 5.09. The maximum atomic E-state index is 9.06. The molecule has 82 valence electrons. The van der Waals surface area contributed by atoms with Crippen LogP contribution in [-0.2, 0) is 4.79 Å². The zero-order valence-electron chi connectivity index (χ0n) is 9.27. The minimum atomic E-state index is 0.639. The van der Waals surface area contributed by atoms with Crippen molar-refractivity contribution in [3.8, 4) is 0 Å². The van der Waals surface area contributed by atoms with Crippen LogP contribution in [0, 0.1) is 17.8 Å². The summed E-state index contributed by atoms with van der Waals surface area (Å²) in [5.74, 6) is 2.99. The summed E-state index contributed by atoms with van der Waals surface area (Å²) in [5, 5.41) is 0. The van der Waals surface area contributed by atoms with Crippen LogP contribution in [0.25, 0.3) is 0 Å². The molecule has 0 N–H and O–H groups in total. The maximum absolute atomic E-state index is 9.06. The first-order chi connectivity index (χ1) is 7.31. The second-order valence-electron chi connectivity index (χ2n) is 4.33. The van der Waals surface area contributed by atoms with Gasteiger partial charge in [-0.15, -0.1) is 0 Å². The summed E-state index contributed by atoms with van der Waals surface area (Å²) in [4.78, 5) is 9.06. The summed E-state index contributed by atoms with van der Waals surface area (Å²) < 4.78 is 0. The van der Waals surface area contributed by atoms with Crippen molar-refractivity contribution >= 4 is 6.29 Å². The average molecular weight is 204 g/mol. The lowest BCUT2D eigenvalue weighted by molar-refractivity contribution is -0.104. The average Bonchev–Trinajstić information content (AvgIpc) is 2.88. The van der Waals surface area contributed by atoms with Crippen LogP contribution in [0.4, 0.5) is 0 Å². The predicted octanol–water partition coefficient (Wildman–Crippen LogP) is 3.54. The number of carbonyl (C=O) groups excluding carboxylic acids is 1. The third-order valence-electron chi connectivity index (χ3n) is 3.38. The fraction of sp³-hybridized carbons (Fsp3) is 0.500. The zero-order chi connectivity index (χ0) is 11.1. The molecule has 3 unspecified atom stereocenters. The summed E-state index contributed by atoms with van der Waals surface area (Å²) in [6.45, 7) is 6.81. The highest BCUT2D eigenvalue weighted by Crippen LogP contribution is 2.48. The lowest BCUT2D eigenvalue weighted by atomic mass is 9.89. The van der Waals surface area contributed by atoms with Crippen molar-refractivity contribution in [2.75, 3.05) is 0 Å². The summed E-state index contributed by atoms with van der Waals surface area (Å²) in [6.07, 6.45) is 14.1. The largest absolute Gasteiger partial charge is 0.299 e. The Labute approximate surface area is 92.6 Å². The van der Waals surface area contributed by atoms with Gasteiger partial charge in [0.25, 0.3) is 0 Å². The van der Waals surface area contributed by atoms with E-state index in [1.54, 1.807) is 0 Å². The highest BCUT2D eigenvalue weighted by molar-refractivity contribution is 5.63. The van der Waals surface area contributed by atoms with Gasteiger partial charge in [-0.05, 0) is 43.1 Å². The second-order valence-corrected chi connectivity index (χ2v) is 4.33. The molecule has 0 radical (unpaired) electrons. The zero-order valence-corrected chi connectivity index (χ0v) is 9.27. The number of allylic oxidation sites excluding steroid dienone is 4. The van der Waals surface area contributed by atoms with Gasteiger partial charge in [-0.1, -0.05) is 37.8 Å². The number of fused-ring (bicyclic) bond motifs is 2. The number of hydrogen-bond donors (Lipinski definition) is 0. The normalized spacial score (nSPS) is 32.1. The van der Waals surface area contributed by atoms with Crippen molar-refractivity contribution in [3.63, 3.8) is 0 Å². The Bertz CT molecular complexity index is 246. The Hall–Kier alpha value is -1.11. The van der Waals surface area contributed by atoms with Crippen LogP contribution in [0.5, 0.6) is 0 Å². The summed E-state index contributed by atoms with van der Waals surface area (Å²) >= 11 is 0. The topological polar surface area (TPSA) is 17.1 Å². The van der Waals surface area contributed by atoms with E-state index in [1.807, 2.05) is 6.08 Å². The molecule has 2 rings (SSSR count). The fourth-order valence-corrected chi connectivity index (χ4v) is 2.75. The molecule has 0 spiro atoms. The van der Waals surface area contributed by atoms with E-state index >= 15 is 0 Å². The van der Waals surface area contributed by atoms with Gasteiger partial charge in [0.1, 0.15) is 6.29 Å². The van der Waals surface area contributed by atoms with Gasteiger partial charge in [-0.25, -0.2) is 0 Å². The van der Waals surface area contributed by atoms with E-state index in [-0.39, 0.29) is 0 Å². The van der Waals surface area contributed by atoms with Gasteiger partial charge in [0.2, 0.25) is 0 Å². The molecule has 2 saturated carbocycles. The molecule has 2 fully saturated rings. The Balaban J connectivity index is 0.000000245. The quantitative estimate of drug-likeness (QED) is 0.390. The molecule has 0 aromatic carbocycles. The molecule has 3 atom stereocenters. The van der Waals surface area contributed by atoms with E-state index in [4.69, 9.17) is 4.79 Å². The monoisotopic (exact) mass is 204 g/mol. The van der Waals surface area contributed by atoms with E-state index < -0.39 is 0 Å². The molecule has 0 heterocycles. The third kappa shape index (κ3) is 3.50. The number of hydrogen-bond acceptors (Lipinski definition) is 1. The molecule has 15 heavy (non-hydrogen) atoms. The molecule has 1 nitrogen and oxygen atoms in total. The van der Waals surface area contributed by atoms with Crippen LogP contribution in [0.2, 0.25) is 0 Å². The highest BCUT2D eigenvalue weighted by Gasteiger charge is 2.37. The molecule has 1 heteroatoms. The van der Waals surface area contributed by atoms with Crippen molar-refractivity contribution in [2.45, 2.75) is 25.7 Å². The molecule has 0 aromatic rings. The summed E-state index contributed by atoms with van der Waals surface area (Å²) in [6, 6.07) is 0. The molecule has 0 amide bonds. The van der Waals surface area contributed by atoms with Crippen molar-refractivity contribution < 1.29 is 4.79 Å². The minimum Gasteiger partial charge on any atom is -0.299 e. The van der Waals surface area contributed by atoms with Crippen molar-refractivity contribution in [3.05, 3.63) is 37.5 Å². The first-order valence-electron chi connectivity index (χ1n) is 5.67. The first kappa shape index (κ1) is 12.0. The SMILES string of the molecule is C=CC=CC1CC2CCC1C2.C=CC=O. The standard InChI is InChI=1S/C11H16.C3H4O/c1-2-3-4-10-7-9-5-6-11(10)8-9;1-2-3-4/h2-4,9-11H,1,5-8H2;2-3H,1H2. The number of aldehydes is 1. The van der Waals surface area contributed by atoms with Crippen LogP contribution >= 0.6 is 0 Å². The van der Waals surface area contributed by atoms with Crippen LogP contribution in [0.1, 0.15) is 25.7 Å². The molecule has 0 aromatic heterocycles. The number of carbonyl (C=O) groups is 1. The Morgan fingerprint density at radius 2 is 1.80 bits per heavy atom. The third-order valence-corrected chi connectivity index (χ3v) is 3.38. The smallest absolute Gasteiger partial charge is 0.142 e. The maximum Gasteiger partial charge on any atom is 0.142 e. The first-order valence-corrected chi connectivity index (χ1v) is 5.67. The minimum absolute atomic E-state index is 0.639. The number of rotatable bonds is 3. The molecule has 0 aliphatic heterocycles. The van der Waals surface area contributed by atoms with Crippen molar-refractivity contribution in [2.24, 2.45) is 17.8 Å². The van der Waals surface area contributed by atoms with Gasteiger partial charge < -0.3 is 0 Å². The second kappa shape index (κ2) is 6.39. The van der Waals surface area contributed by atoms with Gasteiger partial charge in [-0.3, -0.25) is 4.79 Å². The van der Waals surface area contributed by atoms with Gasteiger partial charge >= 0.3 is 0 Å². The molecule has 2 aliphatic carbocycles. The van der Waals surface area contributed by atoms with Gasteiger partial charge in [0.05, 0.1) is 0 Å². The van der Waals surface area contributed by atoms with Crippen LogP contribution < -0.4 is 0 Å². The van der Waals surface area contributed by atoms with Crippen molar-refractivity contribution in [1.29, 1.82) is 0 Å². The van der Waals surface area contributed by atoms with E-state index in [0.717, 1.165) is 17.8 Å².